The summed E-state index contributed by atoms with van der Waals surface area (Å²) in [6.45, 7) is 8.03. The molecular formula is C37H47N5O6S2. The zero-order chi connectivity index (χ0) is 35.9. The van der Waals surface area contributed by atoms with Crippen molar-refractivity contribution in [2.24, 2.45) is 5.92 Å². The highest BCUT2D eigenvalue weighted by Gasteiger charge is 2.30. The summed E-state index contributed by atoms with van der Waals surface area (Å²) in [5.74, 6) is -0.322. The van der Waals surface area contributed by atoms with Gasteiger partial charge in [0.05, 0.1) is 39.8 Å². The lowest BCUT2D eigenvalue weighted by molar-refractivity contribution is -0.125. The molecule has 0 aliphatic rings. The second-order valence-electron chi connectivity index (χ2n) is 12.8. The van der Waals surface area contributed by atoms with Crippen molar-refractivity contribution in [3.05, 3.63) is 104 Å². The van der Waals surface area contributed by atoms with Gasteiger partial charge in [0.1, 0.15) is 12.6 Å². The van der Waals surface area contributed by atoms with Gasteiger partial charge in [-0.05, 0) is 36.3 Å². The summed E-state index contributed by atoms with van der Waals surface area (Å²) in [5.41, 5.74) is 4.40. The van der Waals surface area contributed by atoms with Crippen LogP contribution in [0.15, 0.2) is 77.8 Å². The fourth-order valence-corrected chi connectivity index (χ4v) is 6.66. The first-order chi connectivity index (χ1) is 24.1. The number of aliphatic hydroxyl groups is 1. The number of thiazole rings is 2. The van der Waals surface area contributed by atoms with Crippen molar-refractivity contribution in [2.45, 2.75) is 90.1 Å². The van der Waals surface area contributed by atoms with Crippen LogP contribution >= 0.6 is 22.7 Å². The highest BCUT2D eigenvalue weighted by atomic mass is 32.1. The van der Waals surface area contributed by atoms with Crippen molar-refractivity contribution < 1.29 is 29.0 Å². The summed E-state index contributed by atoms with van der Waals surface area (Å²) in [6, 6.07) is 17.0. The topological polar surface area (TPSA) is 152 Å². The van der Waals surface area contributed by atoms with Gasteiger partial charge in [-0.3, -0.25) is 9.78 Å². The number of amides is 3. The van der Waals surface area contributed by atoms with E-state index in [0.29, 0.717) is 25.2 Å². The maximum Gasteiger partial charge on any atom is 0.407 e. The summed E-state index contributed by atoms with van der Waals surface area (Å²) in [5, 5.41) is 23.3. The molecule has 0 radical (unpaired) electrons. The van der Waals surface area contributed by atoms with E-state index in [1.54, 1.807) is 23.0 Å². The van der Waals surface area contributed by atoms with Gasteiger partial charge in [0, 0.05) is 30.0 Å². The van der Waals surface area contributed by atoms with Crippen LogP contribution < -0.4 is 16.0 Å². The number of nitrogens with zero attached hydrogens (tertiary/aromatic N) is 2. The van der Waals surface area contributed by atoms with E-state index in [9.17, 15) is 19.5 Å². The summed E-state index contributed by atoms with van der Waals surface area (Å²) in [6.07, 6.45) is 0.565. The molecule has 0 aliphatic carbocycles. The van der Waals surface area contributed by atoms with E-state index in [2.05, 4.69) is 39.8 Å². The smallest absolute Gasteiger partial charge is 0.407 e. The van der Waals surface area contributed by atoms with Crippen LogP contribution in [0.25, 0.3) is 0 Å². The number of alkyl carbamates (subject to hydrolysis) is 2. The van der Waals surface area contributed by atoms with Gasteiger partial charge in [-0.1, -0.05) is 88.4 Å². The Morgan fingerprint density at radius 3 is 2.10 bits per heavy atom. The molecule has 268 valence electrons. The quantitative estimate of drug-likeness (QED) is 0.0973. The maximum atomic E-state index is 13.7. The highest BCUT2D eigenvalue weighted by molar-refractivity contribution is 7.09. The zero-order valence-electron chi connectivity index (χ0n) is 28.9. The number of hydrogen-bond acceptors (Lipinski definition) is 10. The number of rotatable bonds is 18. The lowest BCUT2D eigenvalue weighted by Gasteiger charge is -2.30. The fraction of sp³-hybridized carbons (Fsp3) is 0.432. The Labute approximate surface area is 301 Å². The molecule has 0 saturated carbocycles. The van der Waals surface area contributed by atoms with Gasteiger partial charge < -0.3 is 30.5 Å². The number of ether oxygens (including phenoxy) is 2. The number of benzene rings is 2. The SMILES string of the molecule is CC(C)c1nc(CCOC(=O)N[C@H](C(=O)N[C@@H](Cc2ccccc2)C[C@H](O)[C@H](Cc2ccccc2)NC(=O)OCc2cncs2)C(C)C)cs1. The third-order valence-corrected chi connectivity index (χ3v) is 9.92. The average Bonchev–Trinajstić information content (AvgIpc) is 3.80. The lowest BCUT2D eigenvalue weighted by Crippen LogP contribution is -2.54. The van der Waals surface area contributed by atoms with E-state index in [4.69, 9.17) is 9.47 Å². The molecule has 11 nitrogen and oxygen atoms in total. The van der Waals surface area contributed by atoms with Crippen LogP contribution in [0.5, 0.6) is 0 Å². The van der Waals surface area contributed by atoms with Crippen LogP contribution in [0.4, 0.5) is 9.59 Å². The minimum atomic E-state index is -1.06. The Morgan fingerprint density at radius 1 is 0.840 bits per heavy atom. The van der Waals surface area contributed by atoms with E-state index in [0.717, 1.165) is 26.7 Å². The number of nitrogens with one attached hydrogen (secondary N) is 3. The Hall–Kier alpha value is -4.33. The third-order valence-electron chi connectivity index (χ3n) is 7.97. The molecule has 4 aromatic rings. The standard InChI is InChI=1S/C37H47N5O6S2/c1-24(2)33(42-37(46)47-16-15-28-22-49-35(40-28)25(3)4)34(44)39-29(17-26-11-7-5-8-12-26)19-32(43)31(18-27-13-9-6-10-14-27)41-36(45)48-21-30-20-38-23-50-30/h5-14,20,22-25,29,31-33,43H,15-19,21H2,1-4H3,(H,39,44)(H,41,45)(H,42,46)/t29-,31-,32-,33-/m0/s1. The number of hydrogen-bond donors (Lipinski definition) is 4. The first kappa shape index (κ1) is 38.5. The summed E-state index contributed by atoms with van der Waals surface area (Å²) < 4.78 is 10.8. The molecule has 4 N–H and O–H groups in total. The van der Waals surface area contributed by atoms with E-state index in [1.807, 2.05) is 79.9 Å². The van der Waals surface area contributed by atoms with Gasteiger partial charge >= 0.3 is 12.2 Å². The van der Waals surface area contributed by atoms with Crippen molar-refractivity contribution >= 4 is 40.8 Å². The number of aliphatic hydroxyl groups excluding tert-OH is 1. The van der Waals surface area contributed by atoms with Crippen LogP contribution in [-0.4, -0.2) is 64.0 Å². The Morgan fingerprint density at radius 2 is 1.50 bits per heavy atom. The molecule has 0 saturated heterocycles. The van der Waals surface area contributed by atoms with Crippen LogP contribution in [0.1, 0.15) is 66.7 Å². The predicted molar refractivity (Wildman–Crippen MR) is 195 cm³/mol. The van der Waals surface area contributed by atoms with E-state index in [-0.39, 0.29) is 25.6 Å². The minimum Gasteiger partial charge on any atom is -0.449 e. The average molecular weight is 722 g/mol. The van der Waals surface area contributed by atoms with E-state index in [1.165, 1.54) is 11.3 Å². The van der Waals surface area contributed by atoms with Crippen LogP contribution in [-0.2, 0) is 40.1 Å². The Kier molecular flexibility index (Phi) is 15.2. The fourth-order valence-electron chi connectivity index (χ4n) is 5.29. The molecule has 0 aliphatic heterocycles. The number of aromatic nitrogens is 2. The molecule has 4 atom stereocenters. The number of carbonyl (C=O) groups excluding carboxylic acids is 3. The van der Waals surface area contributed by atoms with Crippen LogP contribution in [0, 0.1) is 5.92 Å². The van der Waals surface area contributed by atoms with Gasteiger partial charge in [-0.25, -0.2) is 14.6 Å². The van der Waals surface area contributed by atoms with Crippen molar-refractivity contribution in [1.82, 2.24) is 25.9 Å². The Bertz CT molecular complexity index is 1600. The molecular weight excluding hydrogens is 675 g/mol. The second kappa shape index (κ2) is 19.8. The molecule has 4 rings (SSSR count). The van der Waals surface area contributed by atoms with Gasteiger partial charge in [0.2, 0.25) is 5.91 Å². The van der Waals surface area contributed by atoms with Crippen molar-refractivity contribution in [1.29, 1.82) is 0 Å². The monoisotopic (exact) mass is 721 g/mol. The van der Waals surface area contributed by atoms with Gasteiger partial charge in [0.25, 0.3) is 0 Å². The van der Waals surface area contributed by atoms with E-state index >= 15 is 0 Å². The molecule has 0 fully saturated rings. The molecule has 13 heteroatoms. The largest absolute Gasteiger partial charge is 0.449 e. The maximum absolute atomic E-state index is 13.7. The third kappa shape index (κ3) is 12.8. The van der Waals surface area contributed by atoms with Gasteiger partial charge in [0.15, 0.2) is 0 Å². The van der Waals surface area contributed by atoms with Crippen LogP contribution in [0.3, 0.4) is 0 Å². The zero-order valence-corrected chi connectivity index (χ0v) is 30.5. The predicted octanol–water partition coefficient (Wildman–Crippen LogP) is 6.03. The Balaban J connectivity index is 1.42. The van der Waals surface area contributed by atoms with Gasteiger partial charge in [-0.15, -0.1) is 22.7 Å². The second-order valence-corrected chi connectivity index (χ2v) is 14.6. The number of carbonyl (C=O) groups is 3. The molecule has 2 aromatic heterocycles. The minimum absolute atomic E-state index is 0.0628. The summed E-state index contributed by atoms with van der Waals surface area (Å²) in [4.78, 5) is 48.8. The van der Waals surface area contributed by atoms with Crippen molar-refractivity contribution in [3.8, 4) is 0 Å². The van der Waals surface area contributed by atoms with Gasteiger partial charge in [-0.2, -0.15) is 0 Å². The summed E-state index contributed by atoms with van der Waals surface area (Å²) in [7, 11) is 0. The molecule has 50 heavy (non-hydrogen) atoms. The molecule has 2 heterocycles. The molecule has 0 bridgehead atoms. The first-order valence-electron chi connectivity index (χ1n) is 16.8. The molecule has 2 aromatic carbocycles. The van der Waals surface area contributed by atoms with Crippen LogP contribution in [0.2, 0.25) is 0 Å². The van der Waals surface area contributed by atoms with E-state index < -0.39 is 42.3 Å². The molecule has 0 unspecified atom stereocenters. The van der Waals surface area contributed by atoms with Crippen molar-refractivity contribution in [2.75, 3.05) is 6.61 Å². The lowest BCUT2D eigenvalue weighted by atomic mass is 9.93. The highest BCUT2D eigenvalue weighted by Crippen LogP contribution is 2.20. The summed E-state index contributed by atoms with van der Waals surface area (Å²) >= 11 is 2.96. The normalized spacial score (nSPS) is 13.7. The van der Waals surface area contributed by atoms with Crippen molar-refractivity contribution in [3.63, 3.8) is 0 Å². The molecule has 3 amide bonds. The molecule has 0 spiro atoms. The first-order valence-corrected chi connectivity index (χ1v) is 18.6.